The van der Waals surface area contributed by atoms with E-state index in [0.29, 0.717) is 17.9 Å². The molecule has 1 aliphatic carbocycles. The Hall–Kier alpha value is -1.10. The minimum atomic E-state index is 0.154. The van der Waals surface area contributed by atoms with Crippen LogP contribution in [0.15, 0.2) is 0 Å². The zero-order valence-corrected chi connectivity index (χ0v) is 15.1. The summed E-state index contributed by atoms with van der Waals surface area (Å²) in [6, 6.07) is 0.555. The summed E-state index contributed by atoms with van der Waals surface area (Å²) in [7, 11) is 0. The van der Waals surface area contributed by atoms with Crippen molar-refractivity contribution in [3.8, 4) is 0 Å². The van der Waals surface area contributed by atoms with Crippen molar-refractivity contribution >= 4 is 11.8 Å². The van der Waals surface area contributed by atoms with E-state index in [1.807, 2.05) is 0 Å². The van der Waals surface area contributed by atoms with Crippen molar-refractivity contribution in [2.75, 3.05) is 32.7 Å². The molecule has 2 aliphatic heterocycles. The van der Waals surface area contributed by atoms with Gasteiger partial charge in [0, 0.05) is 38.1 Å². The Balaban J connectivity index is 1.43. The average Bonchev–Trinajstić information content (AvgIpc) is 3.47. The summed E-state index contributed by atoms with van der Waals surface area (Å²) in [5.41, 5.74) is 0. The number of unbranched alkanes of at least 4 members (excludes halogenated alkanes) is 1. The molecular weight excluding hydrogens is 302 g/mol. The third-order valence-electron chi connectivity index (χ3n) is 5.87. The van der Waals surface area contributed by atoms with Crippen molar-refractivity contribution < 1.29 is 9.59 Å². The number of likely N-dealkylation sites (tertiary alicyclic amines) is 2. The van der Waals surface area contributed by atoms with Gasteiger partial charge >= 0.3 is 0 Å². The van der Waals surface area contributed by atoms with Gasteiger partial charge in [0.25, 0.3) is 0 Å². The summed E-state index contributed by atoms with van der Waals surface area (Å²) in [6.07, 6.45) is 8.66. The number of amides is 2. The van der Waals surface area contributed by atoms with Gasteiger partial charge in [-0.2, -0.15) is 0 Å². The van der Waals surface area contributed by atoms with Gasteiger partial charge in [0.1, 0.15) is 0 Å². The Morgan fingerprint density at radius 3 is 2.42 bits per heavy atom. The lowest BCUT2D eigenvalue weighted by atomic mass is 9.93. The van der Waals surface area contributed by atoms with E-state index >= 15 is 0 Å². The van der Waals surface area contributed by atoms with Crippen LogP contribution in [0.4, 0.5) is 0 Å². The van der Waals surface area contributed by atoms with Gasteiger partial charge in [-0.25, -0.2) is 0 Å². The molecule has 24 heavy (non-hydrogen) atoms. The number of hydrogen-bond donors (Lipinski definition) is 1. The van der Waals surface area contributed by atoms with Crippen LogP contribution in [0.3, 0.4) is 0 Å². The van der Waals surface area contributed by atoms with Crippen LogP contribution in [0.1, 0.15) is 58.3 Å². The van der Waals surface area contributed by atoms with Gasteiger partial charge in [-0.15, -0.1) is 0 Å². The molecule has 3 fully saturated rings. The zero-order chi connectivity index (χ0) is 16.9. The average molecular weight is 335 g/mol. The van der Waals surface area contributed by atoms with E-state index in [2.05, 4.69) is 22.0 Å². The van der Waals surface area contributed by atoms with E-state index in [9.17, 15) is 9.59 Å². The molecule has 1 saturated carbocycles. The number of rotatable bonds is 6. The second-order valence-corrected chi connectivity index (χ2v) is 7.81. The molecule has 2 amide bonds. The smallest absolute Gasteiger partial charge is 0.225 e. The van der Waals surface area contributed by atoms with Gasteiger partial charge in [0.15, 0.2) is 0 Å². The van der Waals surface area contributed by atoms with Crippen molar-refractivity contribution in [1.29, 1.82) is 0 Å². The second-order valence-electron chi connectivity index (χ2n) is 7.81. The molecule has 3 rings (SSSR count). The van der Waals surface area contributed by atoms with Crippen molar-refractivity contribution in [3.05, 3.63) is 0 Å². The van der Waals surface area contributed by atoms with Crippen LogP contribution < -0.4 is 5.32 Å². The van der Waals surface area contributed by atoms with Crippen LogP contribution in [-0.4, -0.2) is 60.4 Å². The monoisotopic (exact) mass is 335 g/mol. The van der Waals surface area contributed by atoms with Gasteiger partial charge in [-0.3, -0.25) is 14.5 Å². The van der Waals surface area contributed by atoms with E-state index in [4.69, 9.17) is 0 Å². The van der Waals surface area contributed by atoms with Gasteiger partial charge in [0.05, 0.1) is 5.92 Å². The third-order valence-corrected chi connectivity index (χ3v) is 5.87. The first kappa shape index (κ1) is 17.7. The lowest BCUT2D eigenvalue weighted by molar-refractivity contribution is -0.134. The molecule has 136 valence electrons. The number of carbonyl (C=O) groups excluding carboxylic acids is 2. The Bertz CT molecular complexity index is 442. The highest BCUT2D eigenvalue weighted by Crippen LogP contribution is 2.32. The van der Waals surface area contributed by atoms with Crippen LogP contribution in [0, 0.1) is 11.8 Å². The fraction of sp³-hybridized carbons (Fsp3) is 0.895. The van der Waals surface area contributed by atoms with Gasteiger partial charge in [-0.1, -0.05) is 13.3 Å². The van der Waals surface area contributed by atoms with E-state index in [-0.39, 0.29) is 11.8 Å². The standard InChI is InChI=1S/C19H33N3O2/c1-2-3-10-20-18(23)16-5-4-11-22(14-16)17-8-12-21(13-9-17)19(24)15-6-7-15/h15-17H,2-14H2,1H3,(H,20,23)/t16-/m0/s1. The third kappa shape index (κ3) is 4.50. The molecule has 0 radical (unpaired) electrons. The molecule has 2 saturated heterocycles. The molecule has 0 unspecified atom stereocenters. The molecule has 3 aliphatic rings. The molecule has 5 nitrogen and oxygen atoms in total. The van der Waals surface area contributed by atoms with Crippen LogP contribution in [0.2, 0.25) is 0 Å². The normalized spacial score (nSPS) is 26.4. The predicted octanol–water partition coefficient (Wildman–Crippen LogP) is 2.02. The molecular formula is C19H33N3O2. The van der Waals surface area contributed by atoms with E-state index in [0.717, 1.165) is 84.1 Å². The lowest BCUT2D eigenvalue weighted by Crippen LogP contribution is -2.51. The highest BCUT2D eigenvalue weighted by atomic mass is 16.2. The summed E-state index contributed by atoms with van der Waals surface area (Å²) in [5, 5.41) is 3.10. The largest absolute Gasteiger partial charge is 0.356 e. The molecule has 5 heteroatoms. The maximum Gasteiger partial charge on any atom is 0.225 e. The summed E-state index contributed by atoms with van der Waals surface area (Å²) in [4.78, 5) is 29.1. The number of piperidine rings is 2. The maximum absolute atomic E-state index is 12.3. The molecule has 0 spiro atoms. The molecule has 0 aromatic carbocycles. The van der Waals surface area contributed by atoms with Crippen molar-refractivity contribution in [2.24, 2.45) is 11.8 Å². The molecule has 1 N–H and O–H groups in total. The van der Waals surface area contributed by atoms with Gasteiger partial charge in [-0.05, 0) is 51.5 Å². The van der Waals surface area contributed by atoms with Crippen LogP contribution in [0.5, 0.6) is 0 Å². The summed E-state index contributed by atoms with van der Waals surface area (Å²) in [6.45, 7) is 6.79. The fourth-order valence-electron chi connectivity index (χ4n) is 4.12. The fourth-order valence-corrected chi connectivity index (χ4v) is 4.12. The minimum Gasteiger partial charge on any atom is -0.356 e. The number of carbonyl (C=O) groups is 2. The first-order chi connectivity index (χ1) is 11.7. The van der Waals surface area contributed by atoms with Crippen LogP contribution in [0.25, 0.3) is 0 Å². The molecule has 0 aromatic rings. The SMILES string of the molecule is CCCCNC(=O)[C@H]1CCCN(C2CCN(C(=O)C3CC3)CC2)C1. The lowest BCUT2D eigenvalue weighted by Gasteiger charge is -2.42. The maximum atomic E-state index is 12.3. The number of hydrogen-bond acceptors (Lipinski definition) is 3. The van der Waals surface area contributed by atoms with E-state index in [1.165, 1.54) is 0 Å². The molecule has 0 aromatic heterocycles. The zero-order valence-electron chi connectivity index (χ0n) is 15.1. The summed E-state index contributed by atoms with van der Waals surface area (Å²) in [5.74, 6) is 1.13. The van der Waals surface area contributed by atoms with Crippen LogP contribution >= 0.6 is 0 Å². The Morgan fingerprint density at radius 1 is 1.00 bits per heavy atom. The minimum absolute atomic E-state index is 0.154. The van der Waals surface area contributed by atoms with E-state index < -0.39 is 0 Å². The van der Waals surface area contributed by atoms with Gasteiger partial charge < -0.3 is 10.2 Å². The second kappa shape index (κ2) is 8.32. The van der Waals surface area contributed by atoms with Crippen LogP contribution in [-0.2, 0) is 9.59 Å². The Morgan fingerprint density at radius 2 is 1.75 bits per heavy atom. The molecule has 0 bridgehead atoms. The Kier molecular flexibility index (Phi) is 6.14. The predicted molar refractivity (Wildman–Crippen MR) is 94.5 cm³/mol. The van der Waals surface area contributed by atoms with Gasteiger partial charge in [0.2, 0.25) is 11.8 Å². The molecule has 1 atom stereocenters. The summed E-state index contributed by atoms with van der Waals surface area (Å²) < 4.78 is 0. The summed E-state index contributed by atoms with van der Waals surface area (Å²) >= 11 is 0. The van der Waals surface area contributed by atoms with Crippen molar-refractivity contribution in [3.63, 3.8) is 0 Å². The highest BCUT2D eigenvalue weighted by molar-refractivity contribution is 5.81. The van der Waals surface area contributed by atoms with Crippen molar-refractivity contribution in [1.82, 2.24) is 15.1 Å². The Labute approximate surface area is 146 Å². The number of nitrogens with zero attached hydrogens (tertiary/aromatic N) is 2. The highest BCUT2D eigenvalue weighted by Gasteiger charge is 2.37. The first-order valence-electron chi connectivity index (χ1n) is 9.99. The van der Waals surface area contributed by atoms with E-state index in [1.54, 1.807) is 0 Å². The first-order valence-corrected chi connectivity index (χ1v) is 9.99. The quantitative estimate of drug-likeness (QED) is 0.756. The number of nitrogens with one attached hydrogen (secondary N) is 1. The van der Waals surface area contributed by atoms with Crippen molar-refractivity contribution in [2.45, 2.75) is 64.3 Å². The topological polar surface area (TPSA) is 52.7 Å². The molecule has 2 heterocycles.